The van der Waals surface area contributed by atoms with Crippen molar-refractivity contribution in [1.82, 2.24) is 4.98 Å². The van der Waals surface area contributed by atoms with Gasteiger partial charge in [-0.25, -0.2) is 9.78 Å². The van der Waals surface area contributed by atoms with Crippen molar-refractivity contribution in [2.45, 2.75) is 13.3 Å². The molecule has 1 rings (SSSR count). The summed E-state index contributed by atoms with van der Waals surface area (Å²) in [4.78, 5) is 15.1. The maximum atomic E-state index is 11.2. The summed E-state index contributed by atoms with van der Waals surface area (Å²) in [7, 11) is 1.33. The van der Waals surface area contributed by atoms with E-state index >= 15 is 0 Å². The Morgan fingerprint density at radius 2 is 2.38 bits per heavy atom. The van der Waals surface area contributed by atoms with Gasteiger partial charge in [-0.3, -0.25) is 0 Å². The standard InChI is InChI=1S/C9H12N2O2/c1-3-6-7(10)4-5-11-8(6)9(12)13-2/h4-5H,3H2,1-2H3,(H2,10,11). The predicted octanol–water partition coefficient (Wildman–Crippen LogP) is 1.01. The highest BCUT2D eigenvalue weighted by Crippen LogP contribution is 2.15. The number of rotatable bonds is 2. The van der Waals surface area contributed by atoms with E-state index < -0.39 is 5.97 Å². The lowest BCUT2D eigenvalue weighted by Crippen LogP contribution is -2.10. The number of esters is 1. The van der Waals surface area contributed by atoms with Crippen molar-refractivity contribution in [2.75, 3.05) is 12.8 Å². The van der Waals surface area contributed by atoms with Crippen LogP contribution in [0.3, 0.4) is 0 Å². The number of ether oxygens (including phenoxy) is 1. The molecular weight excluding hydrogens is 168 g/mol. The van der Waals surface area contributed by atoms with Crippen LogP contribution in [0.2, 0.25) is 0 Å². The predicted molar refractivity (Wildman–Crippen MR) is 49.4 cm³/mol. The summed E-state index contributed by atoms with van der Waals surface area (Å²) < 4.78 is 4.58. The average Bonchev–Trinajstić information content (AvgIpc) is 2.16. The first-order chi connectivity index (χ1) is 6.20. The van der Waals surface area contributed by atoms with Gasteiger partial charge >= 0.3 is 5.97 Å². The maximum Gasteiger partial charge on any atom is 0.357 e. The Bertz CT molecular complexity index is 323. The van der Waals surface area contributed by atoms with Gasteiger partial charge in [-0.05, 0) is 12.5 Å². The van der Waals surface area contributed by atoms with E-state index in [4.69, 9.17) is 5.73 Å². The highest BCUT2D eigenvalue weighted by atomic mass is 16.5. The highest BCUT2D eigenvalue weighted by Gasteiger charge is 2.13. The number of nitrogens with zero attached hydrogens (tertiary/aromatic N) is 1. The average molecular weight is 180 g/mol. The smallest absolute Gasteiger partial charge is 0.357 e. The highest BCUT2D eigenvalue weighted by molar-refractivity contribution is 5.90. The molecule has 70 valence electrons. The Hall–Kier alpha value is -1.58. The first-order valence-corrected chi connectivity index (χ1v) is 4.02. The summed E-state index contributed by atoms with van der Waals surface area (Å²) in [5.74, 6) is -0.441. The fraction of sp³-hybridized carbons (Fsp3) is 0.333. The fourth-order valence-corrected chi connectivity index (χ4v) is 1.15. The van der Waals surface area contributed by atoms with E-state index in [1.165, 1.54) is 13.3 Å². The largest absolute Gasteiger partial charge is 0.464 e. The molecule has 4 nitrogen and oxygen atoms in total. The van der Waals surface area contributed by atoms with Gasteiger partial charge in [-0.2, -0.15) is 0 Å². The SMILES string of the molecule is CCc1c(N)ccnc1C(=O)OC. The number of nitrogens with two attached hydrogens (primary N) is 1. The van der Waals surface area contributed by atoms with Crippen LogP contribution >= 0.6 is 0 Å². The molecule has 0 saturated carbocycles. The fourth-order valence-electron chi connectivity index (χ4n) is 1.15. The number of carbonyl (C=O) groups is 1. The Labute approximate surface area is 76.7 Å². The molecular formula is C9H12N2O2. The molecule has 2 N–H and O–H groups in total. The van der Waals surface area contributed by atoms with E-state index in [-0.39, 0.29) is 0 Å². The lowest BCUT2D eigenvalue weighted by Gasteiger charge is -2.06. The topological polar surface area (TPSA) is 65.2 Å². The van der Waals surface area contributed by atoms with Gasteiger partial charge in [0, 0.05) is 17.4 Å². The van der Waals surface area contributed by atoms with Crippen molar-refractivity contribution in [3.8, 4) is 0 Å². The Balaban J connectivity index is 3.20. The van der Waals surface area contributed by atoms with Crippen molar-refractivity contribution in [2.24, 2.45) is 0 Å². The van der Waals surface area contributed by atoms with Crippen molar-refractivity contribution < 1.29 is 9.53 Å². The molecule has 0 saturated heterocycles. The number of aromatic nitrogens is 1. The molecule has 0 spiro atoms. The van der Waals surface area contributed by atoms with Crippen LogP contribution in [0.1, 0.15) is 23.0 Å². The third kappa shape index (κ3) is 1.77. The van der Waals surface area contributed by atoms with Crippen LogP contribution in [0.5, 0.6) is 0 Å². The first kappa shape index (κ1) is 9.51. The summed E-state index contributed by atoms with van der Waals surface area (Å²) >= 11 is 0. The second-order valence-electron chi connectivity index (χ2n) is 2.57. The molecule has 0 unspecified atom stereocenters. The van der Waals surface area contributed by atoms with Crippen LogP contribution in [0.15, 0.2) is 12.3 Å². The molecule has 0 amide bonds. The minimum Gasteiger partial charge on any atom is -0.464 e. The Morgan fingerprint density at radius 3 is 2.92 bits per heavy atom. The van der Waals surface area contributed by atoms with Crippen LogP contribution in [0.25, 0.3) is 0 Å². The van der Waals surface area contributed by atoms with Gasteiger partial charge in [0.2, 0.25) is 0 Å². The molecule has 0 aliphatic rings. The number of carbonyl (C=O) groups excluding carboxylic acids is 1. The number of nitrogen functional groups attached to an aromatic ring is 1. The van der Waals surface area contributed by atoms with Crippen LogP contribution in [0, 0.1) is 0 Å². The molecule has 1 heterocycles. The zero-order valence-corrected chi connectivity index (χ0v) is 7.70. The number of hydrogen-bond donors (Lipinski definition) is 1. The van der Waals surface area contributed by atoms with Crippen molar-refractivity contribution in [1.29, 1.82) is 0 Å². The molecule has 1 aromatic rings. The summed E-state index contributed by atoms with van der Waals surface area (Å²) in [5, 5.41) is 0. The zero-order chi connectivity index (χ0) is 9.84. The monoisotopic (exact) mass is 180 g/mol. The second-order valence-corrected chi connectivity index (χ2v) is 2.57. The Morgan fingerprint density at radius 1 is 1.69 bits per heavy atom. The summed E-state index contributed by atoms with van der Waals surface area (Å²) in [5.41, 5.74) is 7.31. The van der Waals surface area contributed by atoms with Gasteiger partial charge in [-0.15, -0.1) is 0 Å². The minimum absolute atomic E-state index is 0.310. The third-order valence-corrected chi connectivity index (χ3v) is 1.82. The van der Waals surface area contributed by atoms with Gasteiger partial charge in [-0.1, -0.05) is 6.92 Å². The quantitative estimate of drug-likeness (QED) is 0.690. The molecule has 1 aromatic heterocycles. The molecule has 0 atom stereocenters. The molecule has 0 aliphatic carbocycles. The molecule has 0 aliphatic heterocycles. The van der Waals surface area contributed by atoms with Gasteiger partial charge in [0.25, 0.3) is 0 Å². The number of anilines is 1. The zero-order valence-electron chi connectivity index (χ0n) is 7.70. The van der Waals surface area contributed by atoms with Crippen molar-refractivity contribution in [3.63, 3.8) is 0 Å². The molecule has 13 heavy (non-hydrogen) atoms. The van der Waals surface area contributed by atoms with E-state index in [1.807, 2.05) is 6.92 Å². The third-order valence-electron chi connectivity index (χ3n) is 1.82. The molecule has 0 bridgehead atoms. The molecule has 0 aromatic carbocycles. The summed E-state index contributed by atoms with van der Waals surface area (Å²) in [6, 6.07) is 1.67. The van der Waals surface area contributed by atoms with Gasteiger partial charge in [0.15, 0.2) is 5.69 Å². The maximum absolute atomic E-state index is 11.2. The van der Waals surface area contributed by atoms with Gasteiger partial charge in [0.05, 0.1) is 7.11 Å². The van der Waals surface area contributed by atoms with Gasteiger partial charge < -0.3 is 10.5 Å². The number of pyridine rings is 1. The van der Waals surface area contributed by atoms with Crippen LogP contribution < -0.4 is 5.73 Å². The van der Waals surface area contributed by atoms with E-state index in [9.17, 15) is 4.79 Å². The normalized spacial score (nSPS) is 9.69. The minimum atomic E-state index is -0.441. The van der Waals surface area contributed by atoms with Crippen molar-refractivity contribution in [3.05, 3.63) is 23.5 Å². The van der Waals surface area contributed by atoms with E-state index in [0.29, 0.717) is 17.8 Å². The lowest BCUT2D eigenvalue weighted by atomic mass is 10.1. The summed E-state index contributed by atoms with van der Waals surface area (Å²) in [6.45, 7) is 1.92. The number of methoxy groups -OCH3 is 1. The van der Waals surface area contributed by atoms with E-state index in [2.05, 4.69) is 9.72 Å². The van der Waals surface area contributed by atoms with Gasteiger partial charge in [0.1, 0.15) is 0 Å². The van der Waals surface area contributed by atoms with E-state index in [0.717, 1.165) is 5.56 Å². The summed E-state index contributed by atoms with van der Waals surface area (Å²) in [6.07, 6.45) is 2.17. The van der Waals surface area contributed by atoms with Crippen LogP contribution in [0.4, 0.5) is 5.69 Å². The molecule has 0 radical (unpaired) electrons. The van der Waals surface area contributed by atoms with Crippen molar-refractivity contribution >= 4 is 11.7 Å². The first-order valence-electron chi connectivity index (χ1n) is 4.02. The second kappa shape index (κ2) is 3.89. The number of hydrogen-bond acceptors (Lipinski definition) is 4. The molecule has 0 fully saturated rings. The Kier molecular flexibility index (Phi) is 2.84. The van der Waals surface area contributed by atoms with E-state index in [1.54, 1.807) is 6.07 Å². The lowest BCUT2D eigenvalue weighted by molar-refractivity contribution is 0.0593. The molecule has 4 heteroatoms. The van der Waals surface area contributed by atoms with Crippen LogP contribution in [-0.4, -0.2) is 18.1 Å². The van der Waals surface area contributed by atoms with Crippen LogP contribution in [-0.2, 0) is 11.2 Å².